The van der Waals surface area contributed by atoms with Gasteiger partial charge in [-0.3, -0.25) is 0 Å². The zero-order valence-electron chi connectivity index (χ0n) is 18.1. The highest BCUT2D eigenvalue weighted by atomic mass is 15.1. The molecule has 1 heteroatoms. The molecule has 0 spiro atoms. The number of nitrogens with zero attached hydrogens (tertiary/aromatic N) is 1. The summed E-state index contributed by atoms with van der Waals surface area (Å²) < 4.78 is 0. The van der Waals surface area contributed by atoms with Gasteiger partial charge in [0.25, 0.3) is 0 Å². The molecular formula is C29H31N. The average molecular weight is 394 g/mol. The van der Waals surface area contributed by atoms with Crippen molar-refractivity contribution in [2.75, 3.05) is 4.90 Å². The van der Waals surface area contributed by atoms with E-state index in [1.807, 2.05) is 12.2 Å². The van der Waals surface area contributed by atoms with E-state index in [9.17, 15) is 0 Å². The lowest BCUT2D eigenvalue weighted by molar-refractivity contribution is 0.867. The third-order valence-electron chi connectivity index (χ3n) is 5.48. The van der Waals surface area contributed by atoms with Crippen molar-refractivity contribution >= 4 is 23.5 Å². The fourth-order valence-electron chi connectivity index (χ4n) is 3.87. The average Bonchev–Trinajstić information content (AvgIpc) is 2.81. The lowest BCUT2D eigenvalue weighted by atomic mass is 9.93. The van der Waals surface area contributed by atoms with Gasteiger partial charge in [0.05, 0.1) is 0 Å². The topological polar surface area (TPSA) is 3.24 Å². The van der Waals surface area contributed by atoms with Gasteiger partial charge in [-0.25, -0.2) is 0 Å². The highest BCUT2D eigenvalue weighted by Gasteiger charge is 2.18. The van der Waals surface area contributed by atoms with E-state index in [-0.39, 0.29) is 0 Å². The number of benzene rings is 2. The standard InChI is InChI=1S/C29H31N/c1-5-9-13-23(6-2)26-17-19-28(20-18-26)30(27-14-11-10-12-15-27)29-21-16-24(7-3)25(8-4)22-29/h5,7-17,19,21-22H,3-4,6,18,20H2,1-2H3/b9-5-,23-13+. The first kappa shape index (κ1) is 21.4. The number of anilines is 2. The lowest BCUT2D eigenvalue weighted by Crippen LogP contribution is -2.18. The Morgan fingerprint density at radius 3 is 2.30 bits per heavy atom. The van der Waals surface area contributed by atoms with E-state index in [2.05, 4.69) is 111 Å². The zero-order chi connectivity index (χ0) is 21.3. The smallest absolute Gasteiger partial charge is 0.0464 e. The Bertz CT molecular complexity index is 1020. The van der Waals surface area contributed by atoms with E-state index in [0.717, 1.165) is 36.1 Å². The number of rotatable bonds is 8. The summed E-state index contributed by atoms with van der Waals surface area (Å²) in [5.41, 5.74) is 8.65. The summed E-state index contributed by atoms with van der Waals surface area (Å²) >= 11 is 0. The van der Waals surface area contributed by atoms with Crippen molar-refractivity contribution in [3.63, 3.8) is 0 Å². The van der Waals surface area contributed by atoms with Crippen LogP contribution in [-0.2, 0) is 0 Å². The first-order chi connectivity index (χ1) is 14.7. The Balaban J connectivity index is 2.05. The minimum Gasteiger partial charge on any atom is -0.314 e. The van der Waals surface area contributed by atoms with E-state index in [1.165, 1.54) is 22.5 Å². The summed E-state index contributed by atoms with van der Waals surface area (Å²) in [4.78, 5) is 2.36. The quantitative estimate of drug-likeness (QED) is 0.406. The van der Waals surface area contributed by atoms with Crippen LogP contribution in [-0.4, -0.2) is 0 Å². The molecule has 152 valence electrons. The van der Waals surface area contributed by atoms with Crippen molar-refractivity contribution in [2.45, 2.75) is 33.1 Å². The normalized spacial score (nSPS) is 14.3. The van der Waals surface area contributed by atoms with Crippen molar-refractivity contribution < 1.29 is 0 Å². The van der Waals surface area contributed by atoms with Gasteiger partial charge in [-0.1, -0.05) is 80.8 Å². The Morgan fingerprint density at radius 1 is 0.933 bits per heavy atom. The second-order valence-electron chi connectivity index (χ2n) is 7.31. The maximum absolute atomic E-state index is 3.99. The Hall–Kier alpha value is -3.32. The summed E-state index contributed by atoms with van der Waals surface area (Å²) in [6, 6.07) is 17.1. The van der Waals surface area contributed by atoms with Gasteiger partial charge in [-0.15, -0.1) is 0 Å². The molecule has 0 saturated heterocycles. The molecule has 0 bridgehead atoms. The van der Waals surface area contributed by atoms with Crippen LogP contribution in [0.5, 0.6) is 0 Å². The first-order valence-electron chi connectivity index (χ1n) is 10.7. The molecule has 0 saturated carbocycles. The predicted octanol–water partition coefficient (Wildman–Crippen LogP) is 8.63. The van der Waals surface area contributed by atoms with Gasteiger partial charge in [0.1, 0.15) is 0 Å². The van der Waals surface area contributed by atoms with Crippen LogP contribution in [0.4, 0.5) is 11.4 Å². The SMILES string of the molecule is C=Cc1ccc(N(C2=CC=C(/C(=C/C=C\C)CC)CC2)c2ccccc2)cc1C=C. The number of hydrogen-bond donors (Lipinski definition) is 0. The number of hydrogen-bond acceptors (Lipinski definition) is 1. The van der Waals surface area contributed by atoms with E-state index in [1.54, 1.807) is 0 Å². The molecule has 30 heavy (non-hydrogen) atoms. The Kier molecular flexibility index (Phi) is 7.45. The van der Waals surface area contributed by atoms with Crippen LogP contribution in [0.2, 0.25) is 0 Å². The van der Waals surface area contributed by atoms with E-state index in [4.69, 9.17) is 0 Å². The van der Waals surface area contributed by atoms with Crippen molar-refractivity contribution in [3.8, 4) is 0 Å². The minimum absolute atomic E-state index is 1.00. The summed E-state index contributed by atoms with van der Waals surface area (Å²) in [6.45, 7) is 12.2. The first-order valence-corrected chi connectivity index (χ1v) is 10.7. The molecule has 0 aromatic heterocycles. The summed E-state index contributed by atoms with van der Waals surface area (Å²) in [7, 11) is 0. The van der Waals surface area contributed by atoms with Gasteiger partial charge in [-0.2, -0.15) is 0 Å². The van der Waals surface area contributed by atoms with E-state index in [0.29, 0.717) is 0 Å². The van der Waals surface area contributed by atoms with E-state index < -0.39 is 0 Å². The molecule has 0 aliphatic heterocycles. The van der Waals surface area contributed by atoms with Crippen molar-refractivity contribution in [1.82, 2.24) is 0 Å². The highest BCUT2D eigenvalue weighted by molar-refractivity contribution is 5.75. The molecule has 2 aromatic rings. The third kappa shape index (κ3) is 4.80. The summed E-state index contributed by atoms with van der Waals surface area (Å²) in [5, 5.41) is 0. The second-order valence-corrected chi connectivity index (χ2v) is 7.31. The molecule has 1 nitrogen and oxygen atoms in total. The van der Waals surface area contributed by atoms with Crippen LogP contribution in [0, 0.1) is 0 Å². The predicted molar refractivity (Wildman–Crippen MR) is 134 cm³/mol. The lowest BCUT2D eigenvalue weighted by Gasteiger charge is -2.30. The maximum Gasteiger partial charge on any atom is 0.0464 e. The van der Waals surface area contributed by atoms with Gasteiger partial charge in [0.15, 0.2) is 0 Å². The van der Waals surface area contributed by atoms with Crippen LogP contribution in [0.1, 0.15) is 44.2 Å². The van der Waals surface area contributed by atoms with Crippen LogP contribution >= 0.6 is 0 Å². The molecule has 0 atom stereocenters. The third-order valence-corrected chi connectivity index (χ3v) is 5.48. The fraction of sp³-hybridized carbons (Fsp3) is 0.172. The van der Waals surface area contributed by atoms with Crippen LogP contribution in [0.3, 0.4) is 0 Å². The fourth-order valence-corrected chi connectivity index (χ4v) is 3.87. The van der Waals surface area contributed by atoms with Crippen molar-refractivity contribution in [3.05, 3.63) is 120 Å². The molecule has 0 radical (unpaired) electrons. The van der Waals surface area contributed by atoms with Crippen LogP contribution < -0.4 is 4.90 Å². The summed E-state index contributed by atoms with van der Waals surface area (Å²) in [6.07, 6.45) is 17.9. The number of allylic oxidation sites excluding steroid dienone is 8. The molecule has 0 heterocycles. The van der Waals surface area contributed by atoms with Crippen molar-refractivity contribution in [1.29, 1.82) is 0 Å². The molecule has 1 aliphatic carbocycles. The van der Waals surface area contributed by atoms with Crippen LogP contribution in [0.15, 0.2) is 109 Å². The molecule has 0 fully saturated rings. The zero-order valence-corrected chi connectivity index (χ0v) is 18.1. The molecule has 0 N–H and O–H groups in total. The van der Waals surface area contributed by atoms with E-state index >= 15 is 0 Å². The molecule has 1 aliphatic rings. The largest absolute Gasteiger partial charge is 0.314 e. The minimum atomic E-state index is 1.00. The van der Waals surface area contributed by atoms with Crippen molar-refractivity contribution in [2.24, 2.45) is 0 Å². The Labute approximate surface area is 181 Å². The number of para-hydroxylation sites is 1. The monoisotopic (exact) mass is 393 g/mol. The van der Waals surface area contributed by atoms with Gasteiger partial charge < -0.3 is 4.90 Å². The van der Waals surface area contributed by atoms with Gasteiger partial charge in [0, 0.05) is 17.1 Å². The molecule has 0 amide bonds. The highest BCUT2D eigenvalue weighted by Crippen LogP contribution is 2.36. The Morgan fingerprint density at radius 2 is 1.70 bits per heavy atom. The maximum atomic E-state index is 3.99. The molecule has 0 unspecified atom stereocenters. The van der Waals surface area contributed by atoms with Gasteiger partial charge in [-0.05, 0) is 78.8 Å². The molecule has 2 aromatic carbocycles. The molecule has 3 rings (SSSR count). The summed E-state index contributed by atoms with van der Waals surface area (Å²) in [5.74, 6) is 0. The molecular weight excluding hydrogens is 362 g/mol. The van der Waals surface area contributed by atoms with Crippen LogP contribution in [0.25, 0.3) is 12.2 Å². The van der Waals surface area contributed by atoms with Gasteiger partial charge in [0.2, 0.25) is 0 Å². The second kappa shape index (κ2) is 10.5. The van der Waals surface area contributed by atoms with Gasteiger partial charge >= 0.3 is 0 Å².